The first-order valence-electron chi connectivity index (χ1n) is 26.3. The Bertz CT molecular complexity index is 3430. The normalized spacial score (nSPS) is 16.3. The lowest BCUT2D eigenvalue weighted by atomic mass is 9.35. The number of aryl methyl sites for hydroxylation is 2. The molecule has 0 fully saturated rings. The van der Waals surface area contributed by atoms with Crippen molar-refractivity contribution in [3.8, 4) is 11.1 Å². The molecule has 8 aromatic rings. The second kappa shape index (κ2) is 17.2. The number of allylic oxidation sites excluding steroid dienone is 4. The van der Waals surface area contributed by atoms with E-state index in [-0.39, 0.29) is 28.9 Å². The van der Waals surface area contributed by atoms with Gasteiger partial charge in [0.1, 0.15) is 0 Å². The molecule has 1 aromatic heterocycles. The van der Waals surface area contributed by atoms with Gasteiger partial charge in [0.15, 0.2) is 0 Å². The first-order chi connectivity index (χ1) is 34.1. The third-order valence-corrected chi connectivity index (χ3v) is 17.6. The maximum absolute atomic E-state index is 2.73. The monoisotopic (exact) mass is 943 g/mol. The molecule has 7 aromatic carbocycles. The Labute approximate surface area is 427 Å². The number of anilines is 6. The average molecular weight is 943 g/mol. The molecule has 4 heteroatoms. The minimum atomic E-state index is -0.0262. The van der Waals surface area contributed by atoms with Gasteiger partial charge in [-0.15, -0.1) is 11.3 Å². The molecule has 0 N–H and O–H groups in total. The summed E-state index contributed by atoms with van der Waals surface area (Å²) in [5.41, 5.74) is 24.2. The lowest BCUT2D eigenvalue weighted by Crippen LogP contribution is -2.61. The maximum Gasteiger partial charge on any atom is 0.264 e. The molecule has 2 aliphatic carbocycles. The van der Waals surface area contributed by atoms with Gasteiger partial charge in [-0.3, -0.25) is 0 Å². The zero-order chi connectivity index (χ0) is 49.0. The number of fused-ring (bicyclic) bond motifs is 7. The van der Waals surface area contributed by atoms with E-state index in [1.54, 1.807) is 0 Å². The summed E-state index contributed by atoms with van der Waals surface area (Å²) in [5.74, 6) is 0.145. The van der Waals surface area contributed by atoms with Gasteiger partial charge in [-0.1, -0.05) is 170 Å². The molecule has 1 unspecified atom stereocenters. The van der Waals surface area contributed by atoms with E-state index >= 15 is 0 Å². The summed E-state index contributed by atoms with van der Waals surface area (Å²) in [4.78, 5) is 5.43. The van der Waals surface area contributed by atoms with Crippen molar-refractivity contribution in [2.75, 3.05) is 9.80 Å². The molecule has 3 heterocycles. The average Bonchev–Trinajstić information content (AvgIpc) is 3.73. The molecule has 1 atom stereocenters. The molecule has 354 valence electrons. The molecule has 2 aliphatic heterocycles. The SMILES string of the molecule is Cc1ccc2sc3c(c2c1)N(c1ccc(C(C)(C)C)cc1)c1cc(C(Cc2ccccc2)C2=CCCC=C2)cc2c1B3c1cc3c(cc1N2c1ccc(C(C)(C)C)cc1-c1ccccc1)CCCC3(C)C. The summed E-state index contributed by atoms with van der Waals surface area (Å²) in [6.07, 6.45) is 13.9. The Morgan fingerprint density at radius 3 is 2.08 bits per heavy atom. The summed E-state index contributed by atoms with van der Waals surface area (Å²) >= 11 is 2.01. The standard InChI is InChI=1S/C67H67BN2S/c1-43-27-34-61-54(36-43)63-64(71-61)68-56-42-55-47(26-19-35-67(55,8)9)38-58(56)70(57-33-30-50(66(5,6)7)41-53(57)46-24-17-12-18-25-46)60-40-48(52(45-22-15-11-16-23-45)37-44-20-13-10-14-21-44)39-59(62(60)68)69(63)51-31-28-49(29-32-51)65(2,3)4/h10,12-15,17-18,20-25,27-34,36,38-42,52H,11,16,19,26,35,37H2,1-9H3. The first-order valence-corrected chi connectivity index (χ1v) is 27.1. The highest BCUT2D eigenvalue weighted by Crippen LogP contribution is 2.52. The van der Waals surface area contributed by atoms with Gasteiger partial charge in [-0.05, 0) is 172 Å². The summed E-state index contributed by atoms with van der Waals surface area (Å²) < 4.78 is 2.78. The van der Waals surface area contributed by atoms with Crippen LogP contribution >= 0.6 is 11.3 Å². The molecule has 0 bridgehead atoms. The summed E-state index contributed by atoms with van der Waals surface area (Å²) in [6.45, 7) is 21.3. The van der Waals surface area contributed by atoms with Crippen molar-refractivity contribution in [2.45, 2.75) is 123 Å². The highest BCUT2D eigenvalue weighted by Gasteiger charge is 2.47. The van der Waals surface area contributed by atoms with Crippen molar-refractivity contribution in [1.82, 2.24) is 0 Å². The van der Waals surface area contributed by atoms with Crippen molar-refractivity contribution in [3.63, 3.8) is 0 Å². The molecular formula is C67H67BN2S. The van der Waals surface area contributed by atoms with Crippen molar-refractivity contribution in [2.24, 2.45) is 0 Å². The molecule has 0 saturated heterocycles. The summed E-state index contributed by atoms with van der Waals surface area (Å²) in [7, 11) is 0. The number of hydrogen-bond acceptors (Lipinski definition) is 3. The van der Waals surface area contributed by atoms with Crippen LogP contribution in [0.2, 0.25) is 0 Å². The van der Waals surface area contributed by atoms with Gasteiger partial charge >= 0.3 is 0 Å². The minimum absolute atomic E-state index is 0.0262. The lowest BCUT2D eigenvalue weighted by Gasteiger charge is -2.45. The predicted molar refractivity (Wildman–Crippen MR) is 309 cm³/mol. The zero-order valence-electron chi connectivity index (χ0n) is 43.3. The van der Waals surface area contributed by atoms with Crippen LogP contribution in [0.4, 0.5) is 34.1 Å². The third-order valence-electron chi connectivity index (χ3n) is 16.3. The predicted octanol–water partition coefficient (Wildman–Crippen LogP) is 16.8. The van der Waals surface area contributed by atoms with Gasteiger partial charge < -0.3 is 9.80 Å². The van der Waals surface area contributed by atoms with Crippen molar-refractivity contribution >= 4 is 78.0 Å². The Balaban J connectivity index is 1.24. The van der Waals surface area contributed by atoms with E-state index < -0.39 is 0 Å². The fourth-order valence-corrected chi connectivity index (χ4v) is 13.8. The van der Waals surface area contributed by atoms with Gasteiger partial charge in [0, 0.05) is 49.1 Å². The zero-order valence-corrected chi connectivity index (χ0v) is 44.1. The van der Waals surface area contributed by atoms with Crippen molar-refractivity contribution in [1.29, 1.82) is 0 Å². The fraction of sp³-hybridized carbons (Fsp3) is 0.284. The van der Waals surface area contributed by atoms with Crippen LogP contribution in [0.1, 0.15) is 126 Å². The van der Waals surface area contributed by atoms with E-state index in [9.17, 15) is 0 Å². The number of thiophene rings is 1. The Morgan fingerprint density at radius 2 is 1.38 bits per heavy atom. The van der Waals surface area contributed by atoms with Crippen LogP contribution in [0.15, 0.2) is 169 Å². The molecular weight excluding hydrogens is 876 g/mol. The fourth-order valence-electron chi connectivity index (χ4n) is 12.5. The minimum Gasteiger partial charge on any atom is -0.311 e. The Morgan fingerprint density at radius 1 is 0.676 bits per heavy atom. The molecule has 0 spiro atoms. The van der Waals surface area contributed by atoms with E-state index in [0.717, 1.165) is 25.7 Å². The van der Waals surface area contributed by atoms with E-state index in [2.05, 4.69) is 236 Å². The second-order valence-electron chi connectivity index (χ2n) is 23.8. The highest BCUT2D eigenvalue weighted by molar-refractivity contribution is 7.33. The van der Waals surface area contributed by atoms with Crippen LogP contribution in [-0.2, 0) is 29.1 Å². The van der Waals surface area contributed by atoms with Crippen LogP contribution in [0.5, 0.6) is 0 Å². The maximum atomic E-state index is 2.73. The quantitative estimate of drug-likeness (QED) is 0.147. The number of hydrogen-bond donors (Lipinski definition) is 0. The molecule has 2 nitrogen and oxygen atoms in total. The molecule has 4 aliphatic rings. The van der Waals surface area contributed by atoms with Gasteiger partial charge in [0.25, 0.3) is 6.71 Å². The van der Waals surface area contributed by atoms with Crippen LogP contribution in [0.3, 0.4) is 0 Å². The lowest BCUT2D eigenvalue weighted by molar-refractivity contribution is 0.432. The second-order valence-corrected chi connectivity index (χ2v) is 24.9. The number of rotatable bonds is 7. The Kier molecular flexibility index (Phi) is 11.1. The smallest absolute Gasteiger partial charge is 0.264 e. The van der Waals surface area contributed by atoms with Crippen LogP contribution in [-0.4, -0.2) is 6.71 Å². The van der Waals surface area contributed by atoms with E-state index in [1.165, 1.54) is 128 Å². The summed E-state index contributed by atoms with van der Waals surface area (Å²) in [5, 5.41) is 1.34. The van der Waals surface area contributed by atoms with Gasteiger partial charge in [-0.25, -0.2) is 0 Å². The van der Waals surface area contributed by atoms with Crippen LogP contribution in [0.25, 0.3) is 21.2 Å². The highest BCUT2D eigenvalue weighted by atomic mass is 32.1. The summed E-state index contributed by atoms with van der Waals surface area (Å²) in [6, 6.07) is 57.1. The van der Waals surface area contributed by atoms with Gasteiger partial charge in [0.2, 0.25) is 0 Å². The third kappa shape index (κ3) is 7.93. The van der Waals surface area contributed by atoms with Crippen molar-refractivity contribution < 1.29 is 0 Å². The van der Waals surface area contributed by atoms with E-state index in [4.69, 9.17) is 0 Å². The molecule has 0 amide bonds. The first kappa shape index (κ1) is 45.8. The van der Waals surface area contributed by atoms with E-state index in [0.29, 0.717) is 0 Å². The largest absolute Gasteiger partial charge is 0.311 e. The van der Waals surface area contributed by atoms with Gasteiger partial charge in [0.05, 0.1) is 11.4 Å². The molecule has 12 rings (SSSR count). The van der Waals surface area contributed by atoms with Crippen molar-refractivity contribution in [3.05, 3.63) is 208 Å². The number of benzene rings is 7. The number of nitrogens with zero attached hydrogens (tertiary/aromatic N) is 2. The van der Waals surface area contributed by atoms with Gasteiger partial charge in [-0.2, -0.15) is 0 Å². The van der Waals surface area contributed by atoms with Crippen LogP contribution in [0, 0.1) is 6.92 Å². The van der Waals surface area contributed by atoms with E-state index in [1.807, 2.05) is 11.3 Å². The molecule has 71 heavy (non-hydrogen) atoms. The Hall–Kier alpha value is -6.36. The molecule has 0 saturated carbocycles. The molecule has 0 radical (unpaired) electrons. The van der Waals surface area contributed by atoms with Crippen LogP contribution < -0.4 is 25.5 Å². The topological polar surface area (TPSA) is 6.48 Å².